The number of hydrogen-bond donors (Lipinski definition) is 2. The number of aromatic amines is 1. The highest BCUT2D eigenvalue weighted by Crippen LogP contribution is 2.15. The molecule has 0 aliphatic carbocycles. The molecular weight excluding hydrogens is 258 g/mol. The van der Waals surface area contributed by atoms with Crippen LogP contribution in [0.4, 0.5) is 5.82 Å². The maximum atomic E-state index is 4.49. The molecule has 0 aliphatic heterocycles. The van der Waals surface area contributed by atoms with E-state index in [9.17, 15) is 0 Å². The summed E-state index contributed by atoms with van der Waals surface area (Å²) in [5, 5.41) is 5.49. The lowest BCUT2D eigenvalue weighted by Crippen LogP contribution is -2.06. The molecule has 0 atom stereocenters. The Morgan fingerprint density at radius 2 is 2.32 bits per heavy atom. The topological polar surface area (TPSA) is 58.5 Å². The van der Waals surface area contributed by atoms with Crippen molar-refractivity contribution >= 4 is 28.6 Å². The number of aryl methyl sites for hydroxylation is 1. The Hall–Kier alpha value is -1.95. The molecule has 0 aliphatic rings. The fraction of sp³-hybridized carbons (Fsp3) is 0.231. The molecule has 2 N–H and O–H groups in total. The lowest BCUT2D eigenvalue weighted by molar-refractivity contribution is 0.790. The molecule has 0 bridgehead atoms. The highest BCUT2D eigenvalue weighted by Gasteiger charge is 2.01. The van der Waals surface area contributed by atoms with E-state index in [0.29, 0.717) is 0 Å². The molecule has 3 aromatic heterocycles. The average molecular weight is 273 g/mol. The van der Waals surface area contributed by atoms with Crippen LogP contribution in [0.2, 0.25) is 0 Å². The van der Waals surface area contributed by atoms with Crippen molar-refractivity contribution in [3.63, 3.8) is 0 Å². The van der Waals surface area contributed by atoms with Gasteiger partial charge in [-0.25, -0.2) is 9.97 Å². The molecule has 5 nitrogen and oxygen atoms in total. The Balaban J connectivity index is 1.53. The smallest absolute Gasteiger partial charge is 0.167 e. The minimum absolute atomic E-state index is 0.858. The molecule has 0 fully saturated rings. The van der Waals surface area contributed by atoms with Crippen LogP contribution in [-0.2, 0) is 7.05 Å². The van der Waals surface area contributed by atoms with E-state index in [-0.39, 0.29) is 0 Å². The van der Waals surface area contributed by atoms with Gasteiger partial charge < -0.3 is 14.9 Å². The standard InChI is InChI=1S/C13H15N5S/c1-18-8-6-16-13(18)19-9-7-14-11-3-2-10-4-5-15-12(10)17-11/h2-6,8H,7,9H2,1H3,(H2,14,15,17). The Bertz CT molecular complexity index is 672. The van der Waals surface area contributed by atoms with Gasteiger partial charge in [0.15, 0.2) is 5.16 Å². The molecule has 0 saturated carbocycles. The number of nitrogens with one attached hydrogen (secondary N) is 2. The fourth-order valence-corrected chi connectivity index (χ4v) is 2.63. The number of pyridine rings is 1. The van der Waals surface area contributed by atoms with E-state index in [0.717, 1.165) is 34.3 Å². The molecule has 0 amide bonds. The first-order valence-corrected chi connectivity index (χ1v) is 7.09. The van der Waals surface area contributed by atoms with Crippen LogP contribution >= 0.6 is 11.8 Å². The SMILES string of the molecule is Cn1ccnc1SCCNc1ccc2cc[nH]c2n1. The van der Waals surface area contributed by atoms with Gasteiger partial charge in [-0.2, -0.15) is 0 Å². The van der Waals surface area contributed by atoms with E-state index in [2.05, 4.69) is 26.3 Å². The molecule has 0 aromatic carbocycles. The number of H-pyrrole nitrogens is 1. The van der Waals surface area contributed by atoms with Crippen LogP contribution in [-0.4, -0.2) is 31.8 Å². The second-order valence-corrected chi connectivity index (χ2v) is 5.27. The molecule has 19 heavy (non-hydrogen) atoms. The summed E-state index contributed by atoms with van der Waals surface area (Å²) < 4.78 is 2.02. The number of hydrogen-bond acceptors (Lipinski definition) is 4. The van der Waals surface area contributed by atoms with Crippen molar-refractivity contribution in [2.45, 2.75) is 5.16 Å². The largest absolute Gasteiger partial charge is 0.369 e. The first-order chi connectivity index (χ1) is 9.33. The lowest BCUT2D eigenvalue weighted by Gasteiger charge is -2.05. The second-order valence-electron chi connectivity index (χ2n) is 4.21. The molecule has 0 unspecified atom stereocenters. The monoisotopic (exact) mass is 273 g/mol. The van der Waals surface area contributed by atoms with Gasteiger partial charge in [-0.3, -0.25) is 0 Å². The van der Waals surface area contributed by atoms with Crippen molar-refractivity contribution in [2.75, 3.05) is 17.6 Å². The highest BCUT2D eigenvalue weighted by atomic mass is 32.2. The van der Waals surface area contributed by atoms with Gasteiger partial charge in [0.05, 0.1) is 0 Å². The maximum absolute atomic E-state index is 4.49. The molecule has 3 aromatic rings. The minimum atomic E-state index is 0.858. The van der Waals surface area contributed by atoms with Gasteiger partial charge in [-0.1, -0.05) is 11.8 Å². The lowest BCUT2D eigenvalue weighted by atomic mass is 10.3. The summed E-state index contributed by atoms with van der Waals surface area (Å²) in [6, 6.07) is 6.08. The van der Waals surface area contributed by atoms with Gasteiger partial charge in [0, 0.05) is 43.3 Å². The minimum Gasteiger partial charge on any atom is -0.369 e. The first kappa shape index (κ1) is 12.1. The summed E-state index contributed by atoms with van der Waals surface area (Å²) in [6.07, 6.45) is 5.67. The van der Waals surface area contributed by atoms with E-state index in [1.54, 1.807) is 11.8 Å². The third-order valence-electron chi connectivity index (χ3n) is 2.83. The van der Waals surface area contributed by atoms with E-state index in [1.807, 2.05) is 42.3 Å². The Kier molecular flexibility index (Phi) is 3.41. The first-order valence-electron chi connectivity index (χ1n) is 6.11. The van der Waals surface area contributed by atoms with Crippen molar-refractivity contribution in [2.24, 2.45) is 7.05 Å². The number of thioether (sulfide) groups is 1. The third kappa shape index (κ3) is 2.73. The number of nitrogens with zero attached hydrogens (tertiary/aromatic N) is 3. The Morgan fingerprint density at radius 3 is 3.16 bits per heavy atom. The summed E-state index contributed by atoms with van der Waals surface area (Å²) in [5.41, 5.74) is 0.918. The molecule has 3 rings (SSSR count). The summed E-state index contributed by atoms with van der Waals surface area (Å²) in [4.78, 5) is 11.9. The summed E-state index contributed by atoms with van der Waals surface area (Å²) in [5.74, 6) is 1.85. The quantitative estimate of drug-likeness (QED) is 0.554. The molecule has 0 radical (unpaired) electrons. The van der Waals surface area contributed by atoms with Crippen LogP contribution in [0, 0.1) is 0 Å². The normalized spacial score (nSPS) is 11.0. The Morgan fingerprint density at radius 1 is 1.37 bits per heavy atom. The summed E-state index contributed by atoms with van der Waals surface area (Å²) >= 11 is 1.73. The second kappa shape index (κ2) is 5.36. The van der Waals surface area contributed by atoms with Gasteiger partial charge in [0.25, 0.3) is 0 Å². The number of imidazole rings is 1. The van der Waals surface area contributed by atoms with Crippen LogP contribution < -0.4 is 5.32 Å². The average Bonchev–Trinajstić information content (AvgIpc) is 3.03. The third-order valence-corrected chi connectivity index (χ3v) is 3.89. The van der Waals surface area contributed by atoms with Crippen LogP contribution in [0.1, 0.15) is 0 Å². The van der Waals surface area contributed by atoms with Gasteiger partial charge in [0.2, 0.25) is 0 Å². The predicted octanol–water partition coefficient (Wildman–Crippen LogP) is 2.50. The molecule has 98 valence electrons. The molecule has 6 heteroatoms. The zero-order valence-electron chi connectivity index (χ0n) is 10.6. The predicted molar refractivity (Wildman–Crippen MR) is 78.5 cm³/mol. The number of aromatic nitrogens is 4. The molecule has 0 saturated heterocycles. The van der Waals surface area contributed by atoms with Crippen molar-refractivity contribution in [3.8, 4) is 0 Å². The van der Waals surface area contributed by atoms with Gasteiger partial charge in [-0.15, -0.1) is 0 Å². The van der Waals surface area contributed by atoms with Gasteiger partial charge >= 0.3 is 0 Å². The summed E-state index contributed by atoms with van der Waals surface area (Å²) in [6.45, 7) is 0.858. The van der Waals surface area contributed by atoms with Crippen LogP contribution in [0.5, 0.6) is 0 Å². The van der Waals surface area contributed by atoms with Crippen LogP contribution in [0.15, 0.2) is 41.9 Å². The maximum Gasteiger partial charge on any atom is 0.167 e. The van der Waals surface area contributed by atoms with Crippen LogP contribution in [0.3, 0.4) is 0 Å². The Labute approximate surface area is 115 Å². The van der Waals surface area contributed by atoms with E-state index < -0.39 is 0 Å². The number of fused-ring (bicyclic) bond motifs is 1. The summed E-state index contributed by atoms with van der Waals surface area (Å²) in [7, 11) is 2.00. The van der Waals surface area contributed by atoms with Crippen LogP contribution in [0.25, 0.3) is 11.0 Å². The van der Waals surface area contributed by atoms with E-state index >= 15 is 0 Å². The number of rotatable bonds is 5. The fourth-order valence-electron chi connectivity index (χ4n) is 1.84. The van der Waals surface area contributed by atoms with E-state index in [1.165, 1.54) is 0 Å². The van der Waals surface area contributed by atoms with Gasteiger partial charge in [-0.05, 0) is 18.2 Å². The van der Waals surface area contributed by atoms with E-state index in [4.69, 9.17) is 0 Å². The molecule has 3 heterocycles. The van der Waals surface area contributed by atoms with Crippen molar-refractivity contribution in [3.05, 3.63) is 36.8 Å². The van der Waals surface area contributed by atoms with Crippen molar-refractivity contribution < 1.29 is 0 Å². The van der Waals surface area contributed by atoms with Gasteiger partial charge in [0.1, 0.15) is 11.5 Å². The zero-order valence-corrected chi connectivity index (χ0v) is 11.4. The molecule has 0 spiro atoms. The van der Waals surface area contributed by atoms with Crippen molar-refractivity contribution in [1.82, 2.24) is 19.5 Å². The highest BCUT2D eigenvalue weighted by molar-refractivity contribution is 7.99. The van der Waals surface area contributed by atoms with Crippen molar-refractivity contribution in [1.29, 1.82) is 0 Å². The zero-order chi connectivity index (χ0) is 13.1. The number of anilines is 1. The molecular formula is C13H15N5S.